The number of carbonyl (C=O) groups is 2. The van der Waals surface area contributed by atoms with Crippen molar-refractivity contribution < 1.29 is 19.8 Å². The Balaban J connectivity index is 1.48. The van der Waals surface area contributed by atoms with Gasteiger partial charge in [-0.3, -0.25) is 9.59 Å². The fraction of sp³-hybridized carbons (Fsp3) is 0.118. The van der Waals surface area contributed by atoms with Crippen LogP contribution in [0.2, 0.25) is 0 Å². The number of nitrogens with zero attached hydrogens (tertiary/aromatic N) is 4. The van der Waals surface area contributed by atoms with Gasteiger partial charge in [0, 0.05) is 11.4 Å². The Morgan fingerprint density at radius 2 is 0.932 bits per heavy atom. The fourth-order valence-corrected chi connectivity index (χ4v) is 4.09. The molecule has 4 rings (SSSR count). The number of rotatable bonds is 9. The van der Waals surface area contributed by atoms with E-state index in [1.165, 1.54) is 13.8 Å². The quantitative estimate of drug-likeness (QED) is 0.0877. The van der Waals surface area contributed by atoms with Gasteiger partial charge in [0.2, 0.25) is 0 Å². The van der Waals surface area contributed by atoms with Crippen molar-refractivity contribution in [2.45, 2.75) is 27.7 Å². The molecule has 4 N–H and O–H groups in total. The maximum atomic E-state index is 12.7. The highest BCUT2D eigenvalue weighted by Crippen LogP contribution is 2.31. The summed E-state index contributed by atoms with van der Waals surface area (Å²) >= 11 is 0. The number of aliphatic hydroxyl groups is 2. The second-order valence-corrected chi connectivity index (χ2v) is 9.91. The number of azo groups is 2. The average Bonchev–Trinajstić information content (AvgIpc) is 2.99. The number of aliphatic hydroxyl groups excluding tert-OH is 2. The third-order valence-electron chi connectivity index (χ3n) is 6.42. The first-order valence-electron chi connectivity index (χ1n) is 13.7. The molecule has 0 saturated carbocycles. The van der Waals surface area contributed by atoms with Gasteiger partial charge in [-0.1, -0.05) is 48.5 Å². The van der Waals surface area contributed by atoms with Gasteiger partial charge in [-0.25, -0.2) is 0 Å². The predicted molar refractivity (Wildman–Crippen MR) is 171 cm³/mol. The number of hydrogen-bond donors (Lipinski definition) is 4. The van der Waals surface area contributed by atoms with Crippen molar-refractivity contribution in [3.63, 3.8) is 0 Å². The van der Waals surface area contributed by atoms with E-state index < -0.39 is 11.8 Å². The average molecular weight is 589 g/mol. The van der Waals surface area contributed by atoms with Crippen LogP contribution in [0, 0.1) is 13.8 Å². The number of amides is 2. The topological polar surface area (TPSA) is 148 Å². The van der Waals surface area contributed by atoms with Gasteiger partial charge in [-0.2, -0.15) is 0 Å². The first-order chi connectivity index (χ1) is 21.1. The molecule has 2 amide bonds. The second-order valence-electron chi connectivity index (χ2n) is 9.91. The lowest BCUT2D eigenvalue weighted by Gasteiger charge is -2.09. The Bertz CT molecular complexity index is 1650. The number of aryl methyl sites for hydroxylation is 2. The molecule has 222 valence electrons. The van der Waals surface area contributed by atoms with Gasteiger partial charge < -0.3 is 20.8 Å². The van der Waals surface area contributed by atoms with Gasteiger partial charge in [-0.15, -0.1) is 20.5 Å². The molecule has 4 aromatic carbocycles. The normalized spacial score (nSPS) is 12.5. The third kappa shape index (κ3) is 8.10. The molecule has 0 aromatic heterocycles. The van der Waals surface area contributed by atoms with Gasteiger partial charge in [0.15, 0.2) is 11.4 Å². The molecule has 4 aromatic rings. The number of allylic oxidation sites excluding steroid dienone is 2. The zero-order valence-corrected chi connectivity index (χ0v) is 24.7. The molecule has 0 unspecified atom stereocenters. The SMILES string of the molecule is C/C(O)=C(\N=Nc1ccc(-c2ccc(N=N/C(C(=O)Nc3ccccc3)=C(\C)O)c(C)c2)cc1C)C(=O)Nc1ccccc1. The van der Waals surface area contributed by atoms with E-state index in [2.05, 4.69) is 31.1 Å². The molecule has 0 saturated heterocycles. The Labute approximate surface area is 255 Å². The van der Waals surface area contributed by atoms with Gasteiger partial charge in [0.05, 0.1) is 11.4 Å². The molecule has 0 bridgehead atoms. The van der Waals surface area contributed by atoms with Crippen LogP contribution in [0.1, 0.15) is 25.0 Å². The summed E-state index contributed by atoms with van der Waals surface area (Å²) in [6, 6.07) is 28.9. The summed E-state index contributed by atoms with van der Waals surface area (Å²) in [6.45, 7) is 6.50. The van der Waals surface area contributed by atoms with Crippen molar-refractivity contribution in [1.29, 1.82) is 0 Å². The summed E-state index contributed by atoms with van der Waals surface area (Å²) in [4.78, 5) is 25.3. The Morgan fingerprint density at radius 1 is 0.568 bits per heavy atom. The van der Waals surface area contributed by atoms with Crippen LogP contribution in [0.25, 0.3) is 11.1 Å². The van der Waals surface area contributed by atoms with E-state index >= 15 is 0 Å². The smallest absolute Gasteiger partial charge is 0.279 e. The molecule has 44 heavy (non-hydrogen) atoms. The molecule has 0 spiro atoms. The first kappa shape index (κ1) is 31.0. The van der Waals surface area contributed by atoms with E-state index in [1.807, 2.05) is 50.2 Å². The first-order valence-corrected chi connectivity index (χ1v) is 13.7. The molecule has 10 heteroatoms. The highest BCUT2D eigenvalue weighted by molar-refractivity contribution is 6.04. The Kier molecular flexibility index (Phi) is 10.1. The largest absolute Gasteiger partial charge is 0.510 e. The van der Waals surface area contributed by atoms with Crippen LogP contribution in [0.5, 0.6) is 0 Å². The lowest BCUT2D eigenvalue weighted by Crippen LogP contribution is -2.14. The number of nitrogens with one attached hydrogen (secondary N) is 2. The number of anilines is 2. The Morgan fingerprint density at radius 3 is 1.25 bits per heavy atom. The monoisotopic (exact) mass is 588 g/mol. The number of carbonyl (C=O) groups excluding carboxylic acids is 2. The van der Waals surface area contributed by atoms with Gasteiger partial charge in [0.1, 0.15) is 11.5 Å². The van der Waals surface area contributed by atoms with Crippen LogP contribution in [0.15, 0.2) is 140 Å². The van der Waals surface area contributed by atoms with Gasteiger partial charge in [-0.05, 0) is 98.5 Å². The minimum absolute atomic E-state index is 0.190. The highest BCUT2D eigenvalue weighted by Gasteiger charge is 2.15. The Hall–Kier alpha value is -5.90. The van der Waals surface area contributed by atoms with E-state index in [0.29, 0.717) is 22.7 Å². The summed E-state index contributed by atoms with van der Waals surface area (Å²) in [5, 5.41) is 42.0. The van der Waals surface area contributed by atoms with Crippen molar-refractivity contribution in [2.24, 2.45) is 20.5 Å². The minimum atomic E-state index is -0.574. The van der Waals surface area contributed by atoms with Crippen LogP contribution >= 0.6 is 0 Å². The molecule has 0 aliphatic heterocycles. The summed E-state index contributed by atoms with van der Waals surface area (Å²) < 4.78 is 0. The lowest BCUT2D eigenvalue weighted by molar-refractivity contribution is -0.113. The van der Waals surface area contributed by atoms with Gasteiger partial charge >= 0.3 is 0 Å². The molecule has 0 radical (unpaired) electrons. The van der Waals surface area contributed by atoms with Crippen LogP contribution in [-0.2, 0) is 9.59 Å². The third-order valence-corrected chi connectivity index (χ3v) is 6.42. The van der Waals surface area contributed by atoms with E-state index in [9.17, 15) is 19.8 Å². The highest BCUT2D eigenvalue weighted by atomic mass is 16.3. The maximum Gasteiger partial charge on any atom is 0.279 e. The standard InChI is InChI=1S/C34H32N6O4/c1-21-19-25(15-17-29(21)37-39-31(23(3)41)33(43)35-27-11-7-5-8-12-27)26-16-18-30(22(2)20-26)38-40-32(24(4)42)34(44)36-28-13-9-6-10-14-28/h5-20,41-42H,1-4H3,(H,35,43)(H,36,44)/b31-23+,32-24+,39-37?,40-38?. The summed E-state index contributed by atoms with van der Waals surface area (Å²) in [6.07, 6.45) is 0. The molecular weight excluding hydrogens is 556 g/mol. The van der Waals surface area contributed by atoms with Crippen LogP contribution in [-0.4, -0.2) is 22.0 Å². The summed E-state index contributed by atoms with van der Waals surface area (Å²) in [5.74, 6) is -1.65. The molecule has 0 atom stereocenters. The molecule has 0 aliphatic carbocycles. The molecule has 10 nitrogen and oxygen atoms in total. The van der Waals surface area contributed by atoms with E-state index in [4.69, 9.17) is 0 Å². The fourth-order valence-electron chi connectivity index (χ4n) is 4.09. The lowest BCUT2D eigenvalue weighted by atomic mass is 10.0. The van der Waals surface area contributed by atoms with Crippen molar-refractivity contribution in [1.82, 2.24) is 0 Å². The van der Waals surface area contributed by atoms with Crippen LogP contribution in [0.3, 0.4) is 0 Å². The van der Waals surface area contributed by atoms with E-state index in [1.54, 1.807) is 60.7 Å². The van der Waals surface area contributed by atoms with Crippen molar-refractivity contribution in [3.05, 3.63) is 131 Å². The number of hydrogen-bond acceptors (Lipinski definition) is 8. The summed E-state index contributed by atoms with van der Waals surface area (Å²) in [5.41, 5.74) is 5.29. The predicted octanol–water partition coefficient (Wildman–Crippen LogP) is 8.99. The molecule has 0 heterocycles. The van der Waals surface area contributed by atoms with Crippen molar-refractivity contribution >= 4 is 34.6 Å². The number of para-hydroxylation sites is 2. The molecular formula is C34H32N6O4. The van der Waals surface area contributed by atoms with E-state index in [-0.39, 0.29) is 22.9 Å². The zero-order valence-electron chi connectivity index (χ0n) is 24.7. The minimum Gasteiger partial charge on any atom is -0.510 e. The van der Waals surface area contributed by atoms with Crippen LogP contribution in [0.4, 0.5) is 22.7 Å². The zero-order chi connectivity index (χ0) is 31.6. The second kappa shape index (κ2) is 14.3. The maximum absolute atomic E-state index is 12.7. The van der Waals surface area contributed by atoms with E-state index in [0.717, 1.165) is 22.3 Å². The summed E-state index contributed by atoms with van der Waals surface area (Å²) in [7, 11) is 0. The van der Waals surface area contributed by atoms with Crippen LogP contribution < -0.4 is 10.6 Å². The molecule has 0 fully saturated rings. The molecule has 0 aliphatic rings. The van der Waals surface area contributed by atoms with Gasteiger partial charge in [0.25, 0.3) is 11.8 Å². The number of benzene rings is 4. The van der Waals surface area contributed by atoms with Crippen molar-refractivity contribution in [3.8, 4) is 11.1 Å². The van der Waals surface area contributed by atoms with Crippen molar-refractivity contribution in [2.75, 3.05) is 10.6 Å².